The van der Waals surface area contributed by atoms with Gasteiger partial charge in [0.2, 0.25) is 0 Å². The van der Waals surface area contributed by atoms with Gasteiger partial charge in [0.15, 0.2) is 0 Å². The van der Waals surface area contributed by atoms with Crippen molar-refractivity contribution in [3.63, 3.8) is 0 Å². The van der Waals surface area contributed by atoms with Crippen molar-refractivity contribution < 1.29 is 4.74 Å². The van der Waals surface area contributed by atoms with Gasteiger partial charge in [-0.15, -0.1) is 0 Å². The summed E-state index contributed by atoms with van der Waals surface area (Å²) in [4.78, 5) is 5.08. The van der Waals surface area contributed by atoms with E-state index in [0.717, 1.165) is 30.6 Å². The van der Waals surface area contributed by atoms with Crippen LogP contribution in [0.5, 0.6) is 5.75 Å². The van der Waals surface area contributed by atoms with Crippen LogP contribution in [-0.2, 0) is 0 Å². The molecule has 0 heterocycles. The molecular weight excluding hydrogens is 276 g/mol. The van der Waals surface area contributed by atoms with Gasteiger partial charge in [-0.3, -0.25) is 0 Å². The minimum atomic E-state index is 0.464. The van der Waals surface area contributed by atoms with Gasteiger partial charge in [0.05, 0.1) is 6.61 Å². The summed E-state index contributed by atoms with van der Waals surface area (Å²) in [6.45, 7) is 7.30. The Morgan fingerprint density at radius 3 is 2.55 bits per heavy atom. The normalized spacial score (nSPS) is 10.3. The molecule has 0 aliphatic rings. The molecule has 0 amide bonds. The number of ether oxygens (including phenoxy) is 1. The first-order valence-corrected chi connectivity index (χ1v) is 7.72. The minimum absolute atomic E-state index is 0.464. The number of benzene rings is 2. The topological polar surface area (TPSA) is 61.2 Å². The van der Waals surface area contributed by atoms with Crippen LogP contribution in [0.3, 0.4) is 0 Å². The lowest BCUT2D eigenvalue weighted by Gasteiger charge is -2.23. The molecule has 22 heavy (non-hydrogen) atoms. The maximum absolute atomic E-state index is 8.27. The molecule has 0 fully saturated rings. The Balaban J connectivity index is 2.25. The highest BCUT2D eigenvalue weighted by atomic mass is 16.5. The second kappa shape index (κ2) is 8.15. The number of azide groups is 1. The largest absolute Gasteiger partial charge is 0.493 e. The van der Waals surface area contributed by atoms with Crippen LogP contribution in [0.25, 0.3) is 21.2 Å². The van der Waals surface area contributed by atoms with Crippen molar-refractivity contribution in [2.24, 2.45) is 5.11 Å². The molecule has 116 valence electrons. The Kier molecular flexibility index (Phi) is 5.92. The maximum Gasteiger partial charge on any atom is 0.127 e. The number of nitrogens with zero attached hydrogens (tertiary/aromatic N) is 4. The summed E-state index contributed by atoms with van der Waals surface area (Å²) < 4.78 is 5.87. The molecule has 0 N–H and O–H groups in total. The van der Waals surface area contributed by atoms with Crippen LogP contribution in [0.4, 0.5) is 5.69 Å². The number of anilines is 1. The lowest BCUT2D eigenvalue weighted by molar-refractivity contribution is 0.317. The van der Waals surface area contributed by atoms with Crippen molar-refractivity contribution in [1.29, 1.82) is 0 Å². The van der Waals surface area contributed by atoms with Crippen molar-refractivity contribution >= 4 is 16.5 Å². The molecule has 0 aliphatic heterocycles. The van der Waals surface area contributed by atoms with Crippen LogP contribution in [0.2, 0.25) is 0 Å². The lowest BCUT2D eigenvalue weighted by atomic mass is 10.1. The fourth-order valence-electron chi connectivity index (χ4n) is 2.59. The highest BCUT2D eigenvalue weighted by molar-refractivity contribution is 5.98. The molecule has 0 aromatic heterocycles. The van der Waals surface area contributed by atoms with E-state index < -0.39 is 0 Å². The summed E-state index contributed by atoms with van der Waals surface area (Å²) in [6, 6.07) is 12.5. The van der Waals surface area contributed by atoms with Crippen LogP contribution in [0, 0.1) is 0 Å². The van der Waals surface area contributed by atoms with E-state index in [2.05, 4.69) is 53.0 Å². The average molecular weight is 298 g/mol. The molecule has 0 radical (unpaired) electrons. The Hall–Kier alpha value is -2.39. The van der Waals surface area contributed by atoms with E-state index >= 15 is 0 Å². The molecule has 0 saturated heterocycles. The number of hydrogen-bond acceptors (Lipinski definition) is 3. The van der Waals surface area contributed by atoms with Gasteiger partial charge in [-0.2, -0.15) is 0 Å². The van der Waals surface area contributed by atoms with Gasteiger partial charge in [0, 0.05) is 41.0 Å². The quantitative estimate of drug-likeness (QED) is 0.305. The molecule has 5 nitrogen and oxygen atoms in total. The van der Waals surface area contributed by atoms with Crippen LogP contribution in [0.1, 0.15) is 20.3 Å². The van der Waals surface area contributed by atoms with E-state index in [-0.39, 0.29) is 0 Å². The summed E-state index contributed by atoms with van der Waals surface area (Å²) in [6.07, 6.45) is 0.718. The standard InChI is InChI=1S/C17H22N4O/c1-3-21(4-2)16-10-5-9-15-14(16)8-6-11-17(15)22-13-7-12-19-20-18/h5-6,8-11H,3-4,7,12-13H2,1-2H3. The Bertz CT molecular complexity index is 661. The third-order valence-electron chi connectivity index (χ3n) is 3.69. The summed E-state index contributed by atoms with van der Waals surface area (Å²) >= 11 is 0. The zero-order valence-electron chi connectivity index (χ0n) is 13.2. The second-order valence-electron chi connectivity index (χ2n) is 4.96. The predicted octanol–water partition coefficient (Wildman–Crippen LogP) is 4.77. The zero-order chi connectivity index (χ0) is 15.8. The highest BCUT2D eigenvalue weighted by Gasteiger charge is 2.09. The lowest BCUT2D eigenvalue weighted by Crippen LogP contribution is -2.21. The van der Waals surface area contributed by atoms with Crippen LogP contribution >= 0.6 is 0 Å². The van der Waals surface area contributed by atoms with Gasteiger partial charge >= 0.3 is 0 Å². The van der Waals surface area contributed by atoms with E-state index in [1.807, 2.05) is 12.1 Å². The Morgan fingerprint density at radius 1 is 1.09 bits per heavy atom. The first-order valence-electron chi connectivity index (χ1n) is 7.72. The molecule has 0 spiro atoms. The summed E-state index contributed by atoms with van der Waals surface area (Å²) in [7, 11) is 0. The van der Waals surface area contributed by atoms with Gasteiger partial charge in [-0.25, -0.2) is 0 Å². The van der Waals surface area contributed by atoms with Gasteiger partial charge in [0.25, 0.3) is 0 Å². The Labute approximate surface area is 131 Å². The third kappa shape index (κ3) is 3.62. The third-order valence-corrected chi connectivity index (χ3v) is 3.69. The maximum atomic E-state index is 8.27. The Morgan fingerprint density at radius 2 is 1.82 bits per heavy atom. The first-order chi connectivity index (χ1) is 10.8. The van der Waals surface area contributed by atoms with Crippen molar-refractivity contribution in [2.45, 2.75) is 20.3 Å². The van der Waals surface area contributed by atoms with E-state index in [1.165, 1.54) is 11.1 Å². The molecule has 0 bridgehead atoms. The molecule has 2 aromatic rings. The molecule has 2 aromatic carbocycles. The van der Waals surface area contributed by atoms with Crippen LogP contribution < -0.4 is 9.64 Å². The molecule has 0 aliphatic carbocycles. The van der Waals surface area contributed by atoms with Gasteiger partial charge in [-0.05, 0) is 37.9 Å². The molecule has 2 rings (SSSR count). The zero-order valence-corrected chi connectivity index (χ0v) is 13.2. The minimum Gasteiger partial charge on any atom is -0.493 e. The van der Waals surface area contributed by atoms with Crippen LogP contribution in [0.15, 0.2) is 41.5 Å². The SMILES string of the molecule is CCN(CC)c1cccc2c(OCCCN=[N+]=[N-])cccc12. The monoisotopic (exact) mass is 298 g/mol. The smallest absolute Gasteiger partial charge is 0.127 e. The van der Waals surface area contributed by atoms with E-state index in [4.69, 9.17) is 10.3 Å². The number of rotatable bonds is 8. The van der Waals surface area contributed by atoms with Crippen molar-refractivity contribution in [1.82, 2.24) is 0 Å². The predicted molar refractivity (Wildman–Crippen MR) is 91.6 cm³/mol. The summed E-state index contributed by atoms with van der Waals surface area (Å²) in [5, 5.41) is 5.85. The van der Waals surface area contributed by atoms with Crippen molar-refractivity contribution in [2.75, 3.05) is 31.1 Å². The number of hydrogen-bond donors (Lipinski definition) is 0. The second-order valence-corrected chi connectivity index (χ2v) is 4.96. The highest BCUT2D eigenvalue weighted by Crippen LogP contribution is 2.32. The summed E-state index contributed by atoms with van der Waals surface area (Å²) in [5.74, 6) is 0.882. The fourth-order valence-corrected chi connectivity index (χ4v) is 2.59. The first kappa shape index (κ1) is 16.0. The average Bonchev–Trinajstić information content (AvgIpc) is 2.56. The van der Waals surface area contributed by atoms with Gasteiger partial charge in [0.1, 0.15) is 5.75 Å². The van der Waals surface area contributed by atoms with Crippen molar-refractivity contribution in [3.05, 3.63) is 46.8 Å². The molecular formula is C17H22N4O. The van der Waals surface area contributed by atoms with Crippen LogP contribution in [-0.4, -0.2) is 26.2 Å². The van der Waals surface area contributed by atoms with E-state index in [9.17, 15) is 0 Å². The van der Waals surface area contributed by atoms with Gasteiger partial charge < -0.3 is 9.64 Å². The molecule has 5 heteroatoms. The summed E-state index contributed by atoms with van der Waals surface area (Å²) in [5.41, 5.74) is 9.50. The fraction of sp³-hybridized carbons (Fsp3) is 0.412. The van der Waals surface area contributed by atoms with Crippen molar-refractivity contribution in [3.8, 4) is 5.75 Å². The molecule has 0 saturated carbocycles. The van der Waals surface area contributed by atoms with Gasteiger partial charge in [-0.1, -0.05) is 29.4 Å². The molecule has 0 atom stereocenters. The van der Waals surface area contributed by atoms with E-state index in [0.29, 0.717) is 13.2 Å². The van der Waals surface area contributed by atoms with E-state index in [1.54, 1.807) is 0 Å². The molecule has 0 unspecified atom stereocenters. The number of fused-ring (bicyclic) bond motifs is 1.